The van der Waals surface area contributed by atoms with Gasteiger partial charge in [-0.05, 0) is 25.2 Å². The number of ketones is 1. The first-order valence-electron chi connectivity index (χ1n) is 5.02. The highest BCUT2D eigenvalue weighted by atomic mass is 16.5. The maximum absolute atomic E-state index is 11.4. The Labute approximate surface area is 79.1 Å². The van der Waals surface area contributed by atoms with Crippen molar-refractivity contribution in [3.8, 4) is 0 Å². The summed E-state index contributed by atoms with van der Waals surface area (Å²) >= 11 is 0. The van der Waals surface area contributed by atoms with Gasteiger partial charge in [-0.25, -0.2) is 0 Å². The molecule has 1 N–H and O–H groups in total. The van der Waals surface area contributed by atoms with Crippen molar-refractivity contribution in [3.63, 3.8) is 0 Å². The molecule has 0 aliphatic carbocycles. The van der Waals surface area contributed by atoms with Crippen LogP contribution in [0.3, 0.4) is 0 Å². The Morgan fingerprint density at radius 3 is 2.69 bits per heavy atom. The second-order valence-corrected chi connectivity index (χ2v) is 3.65. The van der Waals surface area contributed by atoms with Gasteiger partial charge in [-0.3, -0.25) is 4.79 Å². The van der Waals surface area contributed by atoms with E-state index in [1.165, 1.54) is 0 Å². The van der Waals surface area contributed by atoms with Crippen molar-refractivity contribution in [1.82, 2.24) is 0 Å². The summed E-state index contributed by atoms with van der Waals surface area (Å²) in [6.07, 6.45) is 2.23. The molecule has 1 aliphatic heterocycles. The van der Waals surface area contributed by atoms with Crippen molar-refractivity contribution in [1.29, 1.82) is 0 Å². The Hall–Kier alpha value is -0.410. The molecular weight excluding hydrogens is 168 g/mol. The van der Waals surface area contributed by atoms with E-state index in [1.807, 2.05) is 6.92 Å². The minimum absolute atomic E-state index is 0.00519. The van der Waals surface area contributed by atoms with Gasteiger partial charge in [0.2, 0.25) is 0 Å². The Morgan fingerprint density at radius 1 is 1.54 bits per heavy atom. The zero-order valence-corrected chi connectivity index (χ0v) is 8.16. The van der Waals surface area contributed by atoms with Gasteiger partial charge in [0.15, 0.2) is 5.78 Å². The van der Waals surface area contributed by atoms with Crippen LogP contribution in [0.25, 0.3) is 0 Å². The summed E-state index contributed by atoms with van der Waals surface area (Å²) in [5.41, 5.74) is 0. The summed E-state index contributed by atoms with van der Waals surface area (Å²) in [6.45, 7) is 3.35. The number of hydrogen-bond acceptors (Lipinski definition) is 3. The zero-order chi connectivity index (χ0) is 9.68. The third kappa shape index (κ3) is 3.44. The van der Waals surface area contributed by atoms with Crippen molar-refractivity contribution in [2.45, 2.75) is 38.7 Å². The van der Waals surface area contributed by atoms with Gasteiger partial charge in [0.05, 0.1) is 0 Å². The van der Waals surface area contributed by atoms with Crippen LogP contribution >= 0.6 is 0 Å². The lowest BCUT2D eigenvalue weighted by molar-refractivity contribution is -0.128. The molecule has 1 saturated heterocycles. The van der Waals surface area contributed by atoms with E-state index in [4.69, 9.17) is 4.74 Å². The van der Waals surface area contributed by atoms with Crippen LogP contribution in [0.2, 0.25) is 0 Å². The fourth-order valence-corrected chi connectivity index (χ4v) is 1.60. The van der Waals surface area contributed by atoms with Crippen LogP contribution in [-0.4, -0.2) is 30.2 Å². The van der Waals surface area contributed by atoms with Crippen LogP contribution in [0.5, 0.6) is 0 Å². The fourth-order valence-electron chi connectivity index (χ4n) is 1.60. The van der Waals surface area contributed by atoms with E-state index in [0.29, 0.717) is 18.8 Å². The first-order valence-corrected chi connectivity index (χ1v) is 5.02. The van der Waals surface area contributed by atoms with Crippen molar-refractivity contribution in [3.05, 3.63) is 0 Å². The van der Waals surface area contributed by atoms with Crippen molar-refractivity contribution in [2.24, 2.45) is 5.92 Å². The average molecular weight is 186 g/mol. The van der Waals surface area contributed by atoms with Gasteiger partial charge in [0.1, 0.15) is 6.10 Å². The van der Waals surface area contributed by atoms with E-state index >= 15 is 0 Å². The van der Waals surface area contributed by atoms with Gasteiger partial charge in [-0.1, -0.05) is 6.92 Å². The number of rotatable bonds is 4. The minimum atomic E-state index is -0.747. The molecule has 0 aromatic carbocycles. The Bertz CT molecular complexity index is 162. The first kappa shape index (κ1) is 10.7. The Morgan fingerprint density at radius 2 is 2.15 bits per heavy atom. The van der Waals surface area contributed by atoms with Crippen LogP contribution in [0.1, 0.15) is 32.6 Å². The van der Waals surface area contributed by atoms with Gasteiger partial charge < -0.3 is 9.84 Å². The van der Waals surface area contributed by atoms with Crippen LogP contribution in [0, 0.1) is 5.92 Å². The molecule has 0 saturated carbocycles. The molecule has 13 heavy (non-hydrogen) atoms. The number of ether oxygens (including phenoxy) is 1. The van der Waals surface area contributed by atoms with Crippen LogP contribution in [-0.2, 0) is 9.53 Å². The zero-order valence-electron chi connectivity index (χ0n) is 8.16. The van der Waals surface area contributed by atoms with Gasteiger partial charge >= 0.3 is 0 Å². The number of carbonyl (C=O) groups is 1. The summed E-state index contributed by atoms with van der Waals surface area (Å²) in [7, 11) is 0. The number of hydrogen-bond donors (Lipinski definition) is 1. The summed E-state index contributed by atoms with van der Waals surface area (Å²) in [5.74, 6) is 0.428. The summed E-state index contributed by atoms with van der Waals surface area (Å²) in [5, 5.41) is 9.28. The summed E-state index contributed by atoms with van der Waals surface area (Å²) in [4.78, 5) is 11.4. The van der Waals surface area contributed by atoms with E-state index < -0.39 is 6.10 Å². The number of aliphatic hydroxyl groups excluding tert-OH is 1. The molecular formula is C10H18O3. The molecule has 0 aromatic heterocycles. The standard InChI is InChI=1S/C10H18O3/c1-2-9(11)10(12)7-8-3-5-13-6-4-8/h8-9,11H,2-7H2,1H3. The van der Waals surface area contributed by atoms with Crippen molar-refractivity contribution < 1.29 is 14.6 Å². The third-order valence-corrected chi connectivity index (χ3v) is 2.59. The number of Topliss-reactive ketones (excluding diaryl/α,β-unsaturated/α-hetero) is 1. The maximum atomic E-state index is 11.4. The van der Waals surface area contributed by atoms with Crippen LogP contribution in [0.4, 0.5) is 0 Å². The van der Waals surface area contributed by atoms with Gasteiger partial charge in [0.25, 0.3) is 0 Å². The SMILES string of the molecule is CCC(O)C(=O)CC1CCOCC1. The fraction of sp³-hybridized carbons (Fsp3) is 0.900. The quantitative estimate of drug-likeness (QED) is 0.716. The molecule has 0 amide bonds. The molecule has 1 heterocycles. The molecule has 0 radical (unpaired) electrons. The largest absolute Gasteiger partial charge is 0.385 e. The molecule has 0 aromatic rings. The molecule has 0 spiro atoms. The third-order valence-electron chi connectivity index (χ3n) is 2.59. The second-order valence-electron chi connectivity index (χ2n) is 3.65. The Balaban J connectivity index is 2.26. The monoisotopic (exact) mass is 186 g/mol. The smallest absolute Gasteiger partial charge is 0.161 e. The summed E-state index contributed by atoms with van der Waals surface area (Å²) < 4.78 is 5.19. The minimum Gasteiger partial charge on any atom is -0.385 e. The van der Waals surface area contributed by atoms with E-state index in [9.17, 15) is 9.90 Å². The first-order chi connectivity index (χ1) is 6.24. The second kappa shape index (κ2) is 5.35. The van der Waals surface area contributed by atoms with Crippen molar-refractivity contribution in [2.75, 3.05) is 13.2 Å². The lowest BCUT2D eigenvalue weighted by Crippen LogP contribution is -2.25. The van der Waals surface area contributed by atoms with Gasteiger partial charge in [-0.2, -0.15) is 0 Å². The highest BCUT2D eigenvalue weighted by Gasteiger charge is 2.20. The highest BCUT2D eigenvalue weighted by molar-refractivity contribution is 5.82. The Kier molecular flexibility index (Phi) is 4.39. The molecule has 1 atom stereocenters. The molecule has 3 heteroatoms. The normalized spacial score (nSPS) is 21.4. The number of carbonyl (C=O) groups excluding carboxylic acids is 1. The molecule has 3 nitrogen and oxygen atoms in total. The van der Waals surface area contributed by atoms with E-state index in [1.54, 1.807) is 0 Å². The van der Waals surface area contributed by atoms with E-state index in [0.717, 1.165) is 26.1 Å². The predicted molar refractivity (Wildman–Crippen MR) is 49.5 cm³/mol. The van der Waals surface area contributed by atoms with Crippen LogP contribution < -0.4 is 0 Å². The summed E-state index contributed by atoms with van der Waals surface area (Å²) in [6, 6.07) is 0. The van der Waals surface area contributed by atoms with Gasteiger partial charge in [-0.15, -0.1) is 0 Å². The molecule has 1 unspecified atom stereocenters. The topological polar surface area (TPSA) is 46.5 Å². The van der Waals surface area contributed by atoms with Gasteiger partial charge in [0, 0.05) is 19.6 Å². The highest BCUT2D eigenvalue weighted by Crippen LogP contribution is 2.19. The van der Waals surface area contributed by atoms with E-state index in [2.05, 4.69) is 0 Å². The molecule has 1 fully saturated rings. The molecule has 0 bridgehead atoms. The molecule has 76 valence electrons. The predicted octanol–water partition coefficient (Wildman–Crippen LogP) is 1.14. The molecule has 1 aliphatic rings. The molecule has 1 rings (SSSR count). The van der Waals surface area contributed by atoms with Crippen LogP contribution in [0.15, 0.2) is 0 Å². The average Bonchev–Trinajstić information content (AvgIpc) is 2.18. The lowest BCUT2D eigenvalue weighted by atomic mass is 9.92. The van der Waals surface area contributed by atoms with Crippen molar-refractivity contribution >= 4 is 5.78 Å². The lowest BCUT2D eigenvalue weighted by Gasteiger charge is -2.21. The van der Waals surface area contributed by atoms with E-state index in [-0.39, 0.29) is 5.78 Å². The number of aliphatic hydroxyl groups is 1. The maximum Gasteiger partial charge on any atom is 0.161 e.